The first-order valence-corrected chi connectivity index (χ1v) is 9.79. The molecule has 0 aliphatic heterocycles. The fourth-order valence-electron chi connectivity index (χ4n) is 3.20. The Hall–Kier alpha value is -4.54. The third-order valence-corrected chi connectivity index (χ3v) is 4.75. The van der Waals surface area contributed by atoms with Gasteiger partial charge in [0.15, 0.2) is 0 Å². The van der Waals surface area contributed by atoms with Crippen molar-refractivity contribution in [3.05, 3.63) is 89.1 Å². The van der Waals surface area contributed by atoms with Gasteiger partial charge in [0.1, 0.15) is 17.2 Å². The maximum Gasteiger partial charge on any atom is 0.573 e. The van der Waals surface area contributed by atoms with Gasteiger partial charge in [0, 0.05) is 47.9 Å². The van der Waals surface area contributed by atoms with Gasteiger partial charge in [-0.3, -0.25) is 18.8 Å². The summed E-state index contributed by atoms with van der Waals surface area (Å²) < 4.78 is 49.9. The molecule has 0 bridgehead atoms. The summed E-state index contributed by atoms with van der Waals surface area (Å²) in [5.41, 5.74) is 6.53. The lowest BCUT2D eigenvalue weighted by Crippen LogP contribution is -2.18. The van der Waals surface area contributed by atoms with Crippen LogP contribution in [0.25, 0.3) is 16.8 Å². The van der Waals surface area contributed by atoms with E-state index in [1.807, 2.05) is 0 Å². The van der Waals surface area contributed by atoms with Crippen LogP contribution in [0.1, 0.15) is 10.4 Å². The Kier molecular flexibility index (Phi) is 5.84. The largest absolute Gasteiger partial charge is 0.573 e. The molecule has 4 aromatic rings. The van der Waals surface area contributed by atoms with Crippen LogP contribution in [0, 0.1) is 0 Å². The van der Waals surface area contributed by atoms with Gasteiger partial charge in [-0.1, -0.05) is 0 Å². The predicted octanol–water partition coefficient (Wildman–Crippen LogP) is 4.03. The van der Waals surface area contributed by atoms with Crippen molar-refractivity contribution in [2.45, 2.75) is 6.36 Å². The summed E-state index contributed by atoms with van der Waals surface area (Å²) in [6.07, 6.45) is -0.0204. The zero-order chi connectivity index (χ0) is 24.5. The molecule has 2 N–H and O–H groups in total. The van der Waals surface area contributed by atoms with E-state index in [0.717, 1.165) is 12.1 Å². The molecule has 174 valence electrons. The second-order valence-corrected chi connectivity index (χ2v) is 7.19. The van der Waals surface area contributed by atoms with Crippen molar-refractivity contribution in [2.24, 2.45) is 12.8 Å². The number of nitrogens with two attached hydrogens (primary N) is 1. The van der Waals surface area contributed by atoms with Crippen LogP contribution in [0.2, 0.25) is 0 Å². The van der Waals surface area contributed by atoms with Crippen molar-refractivity contribution in [1.29, 1.82) is 0 Å². The topological polar surface area (TPSA) is 101 Å². The summed E-state index contributed by atoms with van der Waals surface area (Å²) in [6, 6.07) is 12.2. The van der Waals surface area contributed by atoms with Crippen molar-refractivity contribution in [3.63, 3.8) is 0 Å². The number of nitrogens with zero attached hydrogens (tertiary/aromatic N) is 3. The molecule has 0 fully saturated rings. The van der Waals surface area contributed by atoms with Crippen LogP contribution >= 0.6 is 0 Å². The minimum Gasteiger partial charge on any atom is -0.456 e. The number of hydrogen-bond acceptors (Lipinski definition) is 5. The van der Waals surface area contributed by atoms with E-state index in [9.17, 15) is 22.8 Å². The summed E-state index contributed by atoms with van der Waals surface area (Å²) in [5, 5.41) is 4.14. The lowest BCUT2D eigenvalue weighted by atomic mass is 10.1. The molecular formula is C23H17F3N4O4. The maximum absolute atomic E-state index is 12.9. The smallest absolute Gasteiger partial charge is 0.456 e. The number of pyridine rings is 1. The van der Waals surface area contributed by atoms with Gasteiger partial charge >= 0.3 is 6.36 Å². The van der Waals surface area contributed by atoms with Crippen LogP contribution in [-0.4, -0.2) is 26.6 Å². The molecule has 4 rings (SSSR count). The standard InChI is InChI=1S/C23H17F3N4O4/c1-29-12-15(11-28-29)19-13-30(16-4-8-18(9-5-16)34-23(24,25)26)21(31)10-20(19)33-17-6-2-14(3-7-17)22(27)32/h2-13H,1H3,(H2,27,32). The highest BCUT2D eigenvalue weighted by atomic mass is 19.4. The molecular weight excluding hydrogens is 453 g/mol. The van der Waals surface area contributed by atoms with Gasteiger partial charge in [-0.2, -0.15) is 5.10 Å². The van der Waals surface area contributed by atoms with E-state index in [1.54, 1.807) is 24.1 Å². The highest BCUT2D eigenvalue weighted by molar-refractivity contribution is 5.92. The Morgan fingerprint density at radius 2 is 1.65 bits per heavy atom. The van der Waals surface area contributed by atoms with Crippen LogP contribution in [0.15, 0.2) is 78.0 Å². The van der Waals surface area contributed by atoms with Gasteiger partial charge in [0.05, 0.1) is 6.20 Å². The number of hydrogen-bond donors (Lipinski definition) is 1. The molecule has 11 heteroatoms. The summed E-state index contributed by atoms with van der Waals surface area (Å²) in [6.45, 7) is 0. The second kappa shape index (κ2) is 8.77. The number of amides is 1. The number of halogens is 3. The quantitative estimate of drug-likeness (QED) is 0.459. The molecule has 2 aromatic carbocycles. The van der Waals surface area contributed by atoms with Crippen molar-refractivity contribution >= 4 is 5.91 Å². The van der Waals surface area contributed by atoms with E-state index >= 15 is 0 Å². The van der Waals surface area contributed by atoms with Crippen molar-refractivity contribution in [2.75, 3.05) is 0 Å². The third-order valence-electron chi connectivity index (χ3n) is 4.75. The fraction of sp³-hybridized carbons (Fsp3) is 0.0870. The molecule has 0 unspecified atom stereocenters. The lowest BCUT2D eigenvalue weighted by Gasteiger charge is -2.14. The lowest BCUT2D eigenvalue weighted by molar-refractivity contribution is -0.274. The van der Waals surface area contributed by atoms with Crippen molar-refractivity contribution < 1.29 is 27.4 Å². The first kappa shape index (κ1) is 22.6. The van der Waals surface area contributed by atoms with Crippen molar-refractivity contribution in [1.82, 2.24) is 14.3 Å². The van der Waals surface area contributed by atoms with E-state index in [2.05, 4.69) is 9.84 Å². The second-order valence-electron chi connectivity index (χ2n) is 7.19. The fourth-order valence-corrected chi connectivity index (χ4v) is 3.20. The van der Waals surface area contributed by atoms with E-state index < -0.39 is 23.6 Å². The maximum atomic E-state index is 12.9. The number of aromatic nitrogens is 3. The van der Waals surface area contributed by atoms with Gasteiger partial charge in [-0.05, 0) is 48.5 Å². The molecule has 0 radical (unpaired) electrons. The summed E-state index contributed by atoms with van der Waals surface area (Å²) >= 11 is 0. The molecule has 0 saturated heterocycles. The average Bonchev–Trinajstić information content (AvgIpc) is 3.20. The first-order chi connectivity index (χ1) is 16.1. The number of benzene rings is 2. The molecule has 0 spiro atoms. The molecule has 2 heterocycles. The first-order valence-electron chi connectivity index (χ1n) is 9.79. The van der Waals surface area contributed by atoms with E-state index in [4.69, 9.17) is 10.5 Å². The van der Waals surface area contributed by atoms with E-state index in [0.29, 0.717) is 28.1 Å². The summed E-state index contributed by atoms with van der Waals surface area (Å²) in [4.78, 5) is 24.1. The van der Waals surface area contributed by atoms with Crippen LogP contribution in [0.3, 0.4) is 0 Å². The molecule has 0 aliphatic carbocycles. The van der Waals surface area contributed by atoms with E-state index in [1.165, 1.54) is 53.2 Å². The molecule has 34 heavy (non-hydrogen) atoms. The van der Waals surface area contributed by atoms with Crippen LogP contribution < -0.4 is 20.8 Å². The van der Waals surface area contributed by atoms with Crippen molar-refractivity contribution in [3.8, 4) is 34.1 Å². The van der Waals surface area contributed by atoms with E-state index in [-0.39, 0.29) is 5.75 Å². The van der Waals surface area contributed by atoms with Gasteiger partial charge in [-0.25, -0.2) is 0 Å². The predicted molar refractivity (Wildman–Crippen MR) is 116 cm³/mol. The normalized spacial score (nSPS) is 11.3. The summed E-state index contributed by atoms with van der Waals surface area (Å²) in [5.74, 6) is -0.410. The highest BCUT2D eigenvalue weighted by Crippen LogP contribution is 2.33. The molecule has 2 aromatic heterocycles. The Balaban J connectivity index is 1.74. The summed E-state index contributed by atoms with van der Waals surface area (Å²) in [7, 11) is 1.72. The number of carbonyl (C=O) groups excluding carboxylic acids is 1. The zero-order valence-corrected chi connectivity index (χ0v) is 17.6. The third kappa shape index (κ3) is 5.09. The molecule has 1 amide bonds. The zero-order valence-electron chi connectivity index (χ0n) is 17.6. The minimum absolute atomic E-state index is 0.220. The van der Waals surface area contributed by atoms with Gasteiger partial charge in [0.25, 0.3) is 5.56 Å². The van der Waals surface area contributed by atoms with Gasteiger partial charge < -0.3 is 15.2 Å². The highest BCUT2D eigenvalue weighted by Gasteiger charge is 2.31. The Morgan fingerprint density at radius 3 is 2.21 bits per heavy atom. The van der Waals surface area contributed by atoms with Gasteiger partial charge in [0.2, 0.25) is 5.91 Å². The number of aryl methyl sites for hydroxylation is 1. The number of rotatable bonds is 6. The number of primary amides is 1. The van der Waals surface area contributed by atoms with Crippen LogP contribution in [0.4, 0.5) is 13.2 Å². The Morgan fingerprint density at radius 1 is 1.00 bits per heavy atom. The number of ether oxygens (including phenoxy) is 2. The molecule has 0 atom stereocenters. The molecule has 0 aliphatic rings. The Bertz CT molecular complexity index is 1390. The average molecular weight is 470 g/mol. The monoisotopic (exact) mass is 470 g/mol. The number of carbonyl (C=O) groups is 1. The SMILES string of the molecule is Cn1cc(-c2cn(-c3ccc(OC(F)(F)F)cc3)c(=O)cc2Oc2ccc(C(N)=O)cc2)cn1. The Labute approximate surface area is 190 Å². The van der Waals surface area contributed by atoms with Crippen LogP contribution in [0.5, 0.6) is 17.2 Å². The minimum atomic E-state index is -4.82. The molecule has 0 saturated carbocycles. The molecule has 8 nitrogen and oxygen atoms in total. The van der Waals surface area contributed by atoms with Crippen LogP contribution in [-0.2, 0) is 7.05 Å². The number of alkyl halides is 3. The van der Waals surface area contributed by atoms with Gasteiger partial charge in [-0.15, -0.1) is 13.2 Å².